The van der Waals surface area contributed by atoms with E-state index in [2.05, 4.69) is 77.7 Å². The molecule has 4 aromatic carbocycles. The van der Waals surface area contributed by atoms with Gasteiger partial charge >= 0.3 is 0 Å². The van der Waals surface area contributed by atoms with Crippen molar-refractivity contribution in [3.63, 3.8) is 0 Å². The standard InChI is InChI=1S/C30H31NO2/c32-23-29(20-25-16-18-30(19-17-25)33-24-28-14-8-3-9-15-28)31(21-26-10-4-1-5-11-26)22-27-12-6-2-7-13-27/h1-19,29,32H,20-24H2. The summed E-state index contributed by atoms with van der Waals surface area (Å²) in [4.78, 5) is 2.37. The SMILES string of the molecule is OCC(Cc1ccc(OCc2ccccc2)cc1)N(Cc1ccccc1)Cc1ccccc1. The van der Waals surface area contributed by atoms with Crippen LogP contribution in [0.1, 0.15) is 22.3 Å². The van der Waals surface area contributed by atoms with Crippen molar-refractivity contribution in [3.05, 3.63) is 138 Å². The molecule has 3 heteroatoms. The maximum atomic E-state index is 10.3. The van der Waals surface area contributed by atoms with E-state index in [0.717, 1.165) is 30.8 Å². The Kier molecular flexibility index (Phi) is 8.29. The minimum Gasteiger partial charge on any atom is -0.489 e. The lowest BCUT2D eigenvalue weighted by Gasteiger charge is -2.31. The van der Waals surface area contributed by atoms with E-state index in [9.17, 15) is 5.11 Å². The Morgan fingerprint density at radius 3 is 1.55 bits per heavy atom. The second kappa shape index (κ2) is 12.0. The Labute approximate surface area is 196 Å². The first kappa shape index (κ1) is 22.8. The first-order valence-electron chi connectivity index (χ1n) is 11.5. The molecule has 0 saturated heterocycles. The fraction of sp³-hybridized carbons (Fsp3) is 0.200. The number of hydrogen-bond donors (Lipinski definition) is 1. The summed E-state index contributed by atoms with van der Waals surface area (Å²) in [5, 5.41) is 10.3. The Balaban J connectivity index is 1.43. The smallest absolute Gasteiger partial charge is 0.119 e. The van der Waals surface area contributed by atoms with Crippen LogP contribution in [0.15, 0.2) is 115 Å². The zero-order valence-corrected chi connectivity index (χ0v) is 18.9. The minimum absolute atomic E-state index is 0.0153. The second-order valence-corrected chi connectivity index (χ2v) is 8.33. The van der Waals surface area contributed by atoms with Crippen molar-refractivity contribution < 1.29 is 9.84 Å². The van der Waals surface area contributed by atoms with E-state index in [1.165, 1.54) is 16.7 Å². The molecule has 168 valence electrons. The molecule has 0 spiro atoms. The predicted molar refractivity (Wildman–Crippen MR) is 134 cm³/mol. The van der Waals surface area contributed by atoms with Crippen molar-refractivity contribution in [1.82, 2.24) is 4.90 Å². The number of nitrogens with zero attached hydrogens (tertiary/aromatic N) is 1. The van der Waals surface area contributed by atoms with Gasteiger partial charge in [-0.3, -0.25) is 4.90 Å². The number of benzene rings is 4. The molecule has 0 aliphatic carbocycles. The molecule has 4 rings (SSSR count). The summed E-state index contributed by atoms with van der Waals surface area (Å²) in [6.07, 6.45) is 0.773. The lowest BCUT2D eigenvalue weighted by molar-refractivity contribution is 0.109. The first-order valence-corrected chi connectivity index (χ1v) is 11.5. The van der Waals surface area contributed by atoms with Crippen molar-refractivity contribution in [2.45, 2.75) is 32.2 Å². The van der Waals surface area contributed by atoms with Crippen LogP contribution >= 0.6 is 0 Å². The van der Waals surface area contributed by atoms with Crippen molar-refractivity contribution in [2.75, 3.05) is 6.61 Å². The van der Waals surface area contributed by atoms with E-state index in [1.54, 1.807) is 0 Å². The van der Waals surface area contributed by atoms with Crippen LogP contribution in [0.3, 0.4) is 0 Å². The van der Waals surface area contributed by atoms with Gasteiger partial charge in [-0.15, -0.1) is 0 Å². The molecule has 0 fully saturated rings. The summed E-state index contributed by atoms with van der Waals surface area (Å²) in [6.45, 7) is 2.24. The molecule has 0 aliphatic rings. The summed E-state index contributed by atoms with van der Waals surface area (Å²) in [5.41, 5.74) is 4.83. The molecule has 1 atom stereocenters. The van der Waals surface area contributed by atoms with Gasteiger partial charge < -0.3 is 9.84 Å². The average Bonchev–Trinajstić information content (AvgIpc) is 2.88. The Morgan fingerprint density at radius 2 is 1.06 bits per heavy atom. The van der Waals surface area contributed by atoms with Gasteiger partial charge in [0, 0.05) is 19.1 Å². The topological polar surface area (TPSA) is 32.7 Å². The highest BCUT2D eigenvalue weighted by molar-refractivity contribution is 5.28. The zero-order valence-electron chi connectivity index (χ0n) is 18.9. The molecule has 4 aromatic rings. The predicted octanol–water partition coefficient (Wildman–Crippen LogP) is 5.87. The van der Waals surface area contributed by atoms with E-state index in [-0.39, 0.29) is 12.6 Å². The summed E-state index contributed by atoms with van der Waals surface area (Å²) < 4.78 is 5.92. The number of ether oxygens (including phenoxy) is 1. The number of rotatable bonds is 11. The number of aliphatic hydroxyl groups is 1. The quantitative estimate of drug-likeness (QED) is 0.318. The average molecular weight is 438 g/mol. The maximum absolute atomic E-state index is 10.3. The molecule has 0 heterocycles. The van der Waals surface area contributed by atoms with Gasteiger partial charge in [0.1, 0.15) is 12.4 Å². The summed E-state index contributed by atoms with van der Waals surface area (Å²) >= 11 is 0. The Morgan fingerprint density at radius 1 is 0.576 bits per heavy atom. The molecule has 0 aliphatic heterocycles. The van der Waals surface area contributed by atoms with Crippen LogP contribution in [0.5, 0.6) is 5.75 Å². The number of hydrogen-bond acceptors (Lipinski definition) is 3. The highest BCUT2D eigenvalue weighted by atomic mass is 16.5. The largest absolute Gasteiger partial charge is 0.489 e. The lowest BCUT2D eigenvalue weighted by Crippen LogP contribution is -2.38. The lowest BCUT2D eigenvalue weighted by atomic mass is 10.0. The Hall–Kier alpha value is -3.40. The minimum atomic E-state index is 0.0153. The van der Waals surface area contributed by atoms with E-state index in [4.69, 9.17) is 4.74 Å². The molecular weight excluding hydrogens is 406 g/mol. The fourth-order valence-electron chi connectivity index (χ4n) is 3.99. The van der Waals surface area contributed by atoms with Crippen LogP contribution in [0.25, 0.3) is 0 Å². The van der Waals surface area contributed by atoms with Gasteiger partial charge in [-0.05, 0) is 40.8 Å². The molecule has 3 nitrogen and oxygen atoms in total. The molecule has 0 bridgehead atoms. The maximum Gasteiger partial charge on any atom is 0.119 e. The van der Waals surface area contributed by atoms with Crippen LogP contribution in [0.2, 0.25) is 0 Å². The van der Waals surface area contributed by atoms with Gasteiger partial charge in [0.05, 0.1) is 6.61 Å². The molecule has 0 amide bonds. The molecule has 0 saturated carbocycles. The number of aliphatic hydroxyl groups excluding tert-OH is 1. The van der Waals surface area contributed by atoms with Gasteiger partial charge in [0.25, 0.3) is 0 Å². The van der Waals surface area contributed by atoms with Crippen molar-refractivity contribution in [1.29, 1.82) is 0 Å². The monoisotopic (exact) mass is 437 g/mol. The third-order valence-electron chi connectivity index (χ3n) is 5.83. The summed E-state index contributed by atoms with van der Waals surface area (Å²) in [6, 6.07) is 39.4. The Bertz CT molecular complexity index is 1030. The first-order chi connectivity index (χ1) is 16.3. The van der Waals surface area contributed by atoms with Crippen molar-refractivity contribution in [3.8, 4) is 5.75 Å². The van der Waals surface area contributed by atoms with Gasteiger partial charge in [0.2, 0.25) is 0 Å². The molecular formula is C30H31NO2. The van der Waals surface area contributed by atoms with E-state index < -0.39 is 0 Å². The zero-order chi connectivity index (χ0) is 22.7. The van der Waals surface area contributed by atoms with Gasteiger partial charge in [-0.2, -0.15) is 0 Å². The highest BCUT2D eigenvalue weighted by Gasteiger charge is 2.19. The van der Waals surface area contributed by atoms with Crippen molar-refractivity contribution >= 4 is 0 Å². The highest BCUT2D eigenvalue weighted by Crippen LogP contribution is 2.19. The summed E-state index contributed by atoms with van der Waals surface area (Å²) in [5.74, 6) is 0.855. The van der Waals surface area contributed by atoms with Crippen LogP contribution in [-0.4, -0.2) is 22.7 Å². The van der Waals surface area contributed by atoms with Gasteiger partial charge in [-0.25, -0.2) is 0 Å². The third kappa shape index (κ3) is 7.04. The van der Waals surface area contributed by atoms with E-state index >= 15 is 0 Å². The third-order valence-corrected chi connectivity index (χ3v) is 5.83. The van der Waals surface area contributed by atoms with Gasteiger partial charge in [0.15, 0.2) is 0 Å². The van der Waals surface area contributed by atoms with E-state index in [0.29, 0.717) is 6.61 Å². The van der Waals surface area contributed by atoms with Crippen LogP contribution < -0.4 is 4.74 Å². The molecule has 0 radical (unpaired) electrons. The van der Waals surface area contributed by atoms with Crippen molar-refractivity contribution in [2.24, 2.45) is 0 Å². The van der Waals surface area contributed by atoms with Crippen LogP contribution in [0, 0.1) is 0 Å². The van der Waals surface area contributed by atoms with E-state index in [1.807, 2.05) is 42.5 Å². The second-order valence-electron chi connectivity index (χ2n) is 8.33. The fourth-order valence-corrected chi connectivity index (χ4v) is 3.99. The van der Waals surface area contributed by atoms with Crippen LogP contribution in [-0.2, 0) is 26.1 Å². The van der Waals surface area contributed by atoms with Gasteiger partial charge in [-0.1, -0.05) is 103 Å². The molecule has 0 aromatic heterocycles. The molecule has 1 N–H and O–H groups in total. The molecule has 1 unspecified atom stereocenters. The van der Waals surface area contributed by atoms with Crippen LogP contribution in [0.4, 0.5) is 0 Å². The summed E-state index contributed by atoms with van der Waals surface area (Å²) in [7, 11) is 0. The normalized spacial score (nSPS) is 11.9. The molecule has 33 heavy (non-hydrogen) atoms.